The molecule has 1 aliphatic carbocycles. The van der Waals surface area contributed by atoms with Crippen LogP contribution in [-0.4, -0.2) is 0 Å². The van der Waals surface area contributed by atoms with Crippen LogP contribution in [0, 0.1) is 11.3 Å². The quantitative estimate of drug-likeness (QED) is 0.193. The fraction of sp³-hybridized carbons (Fsp3) is 0.0714. The molecule has 6 rings (SSSR count). The summed E-state index contributed by atoms with van der Waals surface area (Å²) in [7, 11) is 0. The smallest absolute Gasteiger partial charge is 0.0991 e. The van der Waals surface area contributed by atoms with Crippen molar-refractivity contribution >= 4 is 27.1 Å². The van der Waals surface area contributed by atoms with Gasteiger partial charge < -0.3 is 0 Å². The van der Waals surface area contributed by atoms with Crippen LogP contribution >= 0.6 is 0 Å². The summed E-state index contributed by atoms with van der Waals surface area (Å²) in [6, 6.07) is 36.6. The van der Waals surface area contributed by atoms with Crippen LogP contribution in [-0.2, 0) is 0 Å². The van der Waals surface area contributed by atoms with Crippen molar-refractivity contribution in [3.05, 3.63) is 174 Å². The second kappa shape index (κ2) is 12.2. The Hall–Kier alpha value is -5.45. The largest absolute Gasteiger partial charge is 0.192 e. The van der Waals surface area contributed by atoms with Crippen LogP contribution in [0.15, 0.2) is 163 Å². The number of allylic oxidation sites excluding steroid dienone is 11. The normalized spacial score (nSPS) is 14.6. The molecular formula is C42H33N. The Morgan fingerprint density at radius 1 is 0.791 bits per heavy atom. The summed E-state index contributed by atoms with van der Waals surface area (Å²) in [5.41, 5.74) is 11.8. The van der Waals surface area contributed by atoms with Gasteiger partial charge in [-0.15, -0.1) is 0 Å². The molecule has 0 atom stereocenters. The van der Waals surface area contributed by atoms with Crippen LogP contribution in [0.3, 0.4) is 0 Å². The van der Waals surface area contributed by atoms with Crippen molar-refractivity contribution in [1.29, 1.82) is 5.26 Å². The lowest BCUT2D eigenvalue weighted by Crippen LogP contribution is -1.92. The van der Waals surface area contributed by atoms with E-state index in [2.05, 4.69) is 130 Å². The number of benzene rings is 5. The molecule has 0 saturated carbocycles. The fourth-order valence-electron chi connectivity index (χ4n) is 5.73. The van der Waals surface area contributed by atoms with Gasteiger partial charge in [0.05, 0.1) is 11.6 Å². The molecule has 0 spiro atoms. The summed E-state index contributed by atoms with van der Waals surface area (Å²) < 4.78 is 0. The zero-order valence-electron chi connectivity index (χ0n) is 24.6. The molecule has 0 heterocycles. The summed E-state index contributed by atoms with van der Waals surface area (Å²) >= 11 is 0. The minimum absolute atomic E-state index is 0.676. The lowest BCUT2D eigenvalue weighted by atomic mass is 9.93. The Labute approximate surface area is 254 Å². The molecule has 0 bridgehead atoms. The second-order valence-corrected chi connectivity index (χ2v) is 11.1. The molecule has 1 nitrogen and oxygen atoms in total. The molecule has 0 aromatic heterocycles. The van der Waals surface area contributed by atoms with E-state index in [1.807, 2.05) is 36.4 Å². The molecule has 0 radical (unpaired) electrons. The first-order chi connectivity index (χ1) is 21.0. The lowest BCUT2D eigenvalue weighted by Gasteiger charge is -2.12. The maximum absolute atomic E-state index is 9.15. The zero-order valence-corrected chi connectivity index (χ0v) is 24.6. The van der Waals surface area contributed by atoms with E-state index >= 15 is 0 Å². The van der Waals surface area contributed by atoms with Gasteiger partial charge in [0, 0.05) is 0 Å². The average molecular weight is 552 g/mol. The van der Waals surface area contributed by atoms with Crippen LogP contribution in [0.2, 0.25) is 0 Å². The molecule has 0 saturated heterocycles. The standard InChI is InChI=1S/C42H33N/c1-4-5-7-33-15-12-31(24-30(33)3)11-10-29(2)35-18-19-37-26-38(21-20-36(37)25-35)39-22-23-42-40(27-39)8-6-9-41(42)34-16-13-32(28-43)14-17-34/h4-23,25-27H,1,24H2,2-3H3/b7-5-,29-10+,31-11-. The van der Waals surface area contributed by atoms with Gasteiger partial charge in [-0.25, -0.2) is 0 Å². The average Bonchev–Trinajstić information content (AvgIpc) is 3.05. The van der Waals surface area contributed by atoms with Crippen molar-refractivity contribution in [3.63, 3.8) is 0 Å². The first-order valence-corrected chi connectivity index (χ1v) is 14.6. The Morgan fingerprint density at radius 2 is 1.51 bits per heavy atom. The summed E-state index contributed by atoms with van der Waals surface area (Å²) in [5.74, 6) is 0. The van der Waals surface area contributed by atoms with Crippen molar-refractivity contribution in [1.82, 2.24) is 0 Å². The summed E-state index contributed by atoms with van der Waals surface area (Å²) in [4.78, 5) is 0. The van der Waals surface area contributed by atoms with Crippen LogP contribution in [0.25, 0.3) is 49.4 Å². The third-order valence-corrected chi connectivity index (χ3v) is 8.23. The molecule has 0 aliphatic heterocycles. The van der Waals surface area contributed by atoms with Gasteiger partial charge in [-0.05, 0) is 117 Å². The number of hydrogen-bond acceptors (Lipinski definition) is 1. The Balaban J connectivity index is 1.24. The van der Waals surface area contributed by atoms with Crippen molar-refractivity contribution < 1.29 is 0 Å². The van der Waals surface area contributed by atoms with E-state index in [9.17, 15) is 0 Å². The Morgan fingerprint density at radius 3 is 2.28 bits per heavy atom. The van der Waals surface area contributed by atoms with Gasteiger partial charge in [-0.3, -0.25) is 0 Å². The summed E-state index contributed by atoms with van der Waals surface area (Å²) in [5, 5.41) is 14.0. The van der Waals surface area contributed by atoms with Gasteiger partial charge in [0.1, 0.15) is 0 Å². The van der Waals surface area contributed by atoms with Gasteiger partial charge in [0.25, 0.3) is 0 Å². The number of fused-ring (bicyclic) bond motifs is 2. The summed E-state index contributed by atoms with van der Waals surface area (Å²) in [6.45, 7) is 8.14. The highest BCUT2D eigenvalue weighted by Gasteiger charge is 2.08. The van der Waals surface area contributed by atoms with E-state index in [4.69, 9.17) is 5.26 Å². The number of nitriles is 1. The van der Waals surface area contributed by atoms with Crippen molar-refractivity contribution in [2.24, 2.45) is 0 Å². The van der Waals surface area contributed by atoms with Crippen LogP contribution in [0.4, 0.5) is 0 Å². The van der Waals surface area contributed by atoms with Crippen LogP contribution in [0.5, 0.6) is 0 Å². The first-order valence-electron chi connectivity index (χ1n) is 14.6. The van der Waals surface area contributed by atoms with E-state index in [-0.39, 0.29) is 0 Å². The molecule has 0 N–H and O–H groups in total. The predicted molar refractivity (Wildman–Crippen MR) is 185 cm³/mol. The highest BCUT2D eigenvalue weighted by atomic mass is 14.2. The van der Waals surface area contributed by atoms with Gasteiger partial charge in [0.15, 0.2) is 0 Å². The molecule has 0 unspecified atom stereocenters. The lowest BCUT2D eigenvalue weighted by molar-refractivity contribution is 1.11. The van der Waals surface area contributed by atoms with Crippen molar-refractivity contribution in [2.45, 2.75) is 20.3 Å². The highest BCUT2D eigenvalue weighted by Crippen LogP contribution is 2.33. The zero-order chi connectivity index (χ0) is 29.8. The maximum Gasteiger partial charge on any atom is 0.0991 e. The van der Waals surface area contributed by atoms with Gasteiger partial charge in [0.2, 0.25) is 0 Å². The third-order valence-electron chi connectivity index (χ3n) is 8.23. The van der Waals surface area contributed by atoms with Crippen LogP contribution in [0.1, 0.15) is 31.4 Å². The monoisotopic (exact) mass is 551 g/mol. The van der Waals surface area contributed by atoms with E-state index in [0.717, 1.165) is 12.0 Å². The molecule has 5 aromatic rings. The number of rotatable bonds is 6. The number of hydrogen-bond donors (Lipinski definition) is 0. The Bertz CT molecular complexity index is 2070. The molecule has 5 aromatic carbocycles. The second-order valence-electron chi connectivity index (χ2n) is 11.1. The highest BCUT2D eigenvalue weighted by molar-refractivity contribution is 5.99. The molecule has 1 aliphatic rings. The molecule has 206 valence electrons. The Kier molecular flexibility index (Phi) is 7.86. The number of nitrogens with zero attached hydrogens (tertiary/aromatic N) is 1. The van der Waals surface area contributed by atoms with E-state index in [1.165, 1.54) is 66.1 Å². The minimum Gasteiger partial charge on any atom is -0.192 e. The van der Waals surface area contributed by atoms with Gasteiger partial charge in [-0.2, -0.15) is 5.26 Å². The van der Waals surface area contributed by atoms with Crippen LogP contribution < -0.4 is 0 Å². The molecule has 0 fully saturated rings. The topological polar surface area (TPSA) is 23.8 Å². The molecule has 1 heteroatoms. The third kappa shape index (κ3) is 5.96. The first kappa shape index (κ1) is 27.7. The van der Waals surface area contributed by atoms with E-state index in [0.29, 0.717) is 5.56 Å². The van der Waals surface area contributed by atoms with Gasteiger partial charge >= 0.3 is 0 Å². The molecule has 43 heavy (non-hydrogen) atoms. The van der Waals surface area contributed by atoms with Gasteiger partial charge in [-0.1, -0.05) is 121 Å². The fourth-order valence-corrected chi connectivity index (χ4v) is 5.73. The molecular weight excluding hydrogens is 518 g/mol. The van der Waals surface area contributed by atoms with E-state index in [1.54, 1.807) is 0 Å². The van der Waals surface area contributed by atoms with Crippen molar-refractivity contribution in [3.8, 4) is 28.3 Å². The summed E-state index contributed by atoms with van der Waals surface area (Å²) in [6.07, 6.45) is 15.7. The molecule has 0 amide bonds. The maximum atomic E-state index is 9.15. The van der Waals surface area contributed by atoms with Crippen molar-refractivity contribution in [2.75, 3.05) is 0 Å². The minimum atomic E-state index is 0.676. The van der Waals surface area contributed by atoms with E-state index < -0.39 is 0 Å². The predicted octanol–water partition coefficient (Wildman–Crippen LogP) is 11.5. The SMILES string of the molecule is C=C/C=C\C1=C(C)C/C(=C\C=C(/C)c2ccc3cc(-c4ccc5c(-c6ccc(C#N)cc6)cccc5c4)ccc3c2)C=C1.